The predicted molar refractivity (Wildman–Crippen MR) is 112 cm³/mol. The summed E-state index contributed by atoms with van der Waals surface area (Å²) in [6.07, 6.45) is 3.79. The van der Waals surface area contributed by atoms with Crippen LogP contribution in [0.4, 0.5) is 5.13 Å². The fourth-order valence-corrected chi connectivity index (χ4v) is 3.94. The van der Waals surface area contributed by atoms with Crippen LogP contribution in [0.2, 0.25) is 0 Å². The van der Waals surface area contributed by atoms with Crippen LogP contribution < -0.4 is 9.64 Å². The molecule has 1 amide bonds. The third-order valence-electron chi connectivity index (χ3n) is 4.40. The molecule has 0 aliphatic carbocycles. The number of hydrogen-bond donors (Lipinski definition) is 0. The number of aromatic nitrogens is 2. The van der Waals surface area contributed by atoms with Gasteiger partial charge in [-0.05, 0) is 41.5 Å². The van der Waals surface area contributed by atoms with Gasteiger partial charge in [-0.1, -0.05) is 41.7 Å². The number of thiazole rings is 1. The van der Waals surface area contributed by atoms with Gasteiger partial charge in [0.25, 0.3) is 0 Å². The van der Waals surface area contributed by atoms with E-state index in [0.717, 1.165) is 27.1 Å². The maximum Gasteiger partial charge on any atom is 0.233 e. The van der Waals surface area contributed by atoms with Crippen LogP contribution in [-0.2, 0) is 17.8 Å². The van der Waals surface area contributed by atoms with E-state index in [0.29, 0.717) is 18.1 Å². The number of hydrogen-bond acceptors (Lipinski definition) is 5. The first kappa shape index (κ1) is 18.1. The van der Waals surface area contributed by atoms with Gasteiger partial charge in [0.2, 0.25) is 5.91 Å². The Balaban J connectivity index is 1.68. The molecule has 0 aliphatic rings. The van der Waals surface area contributed by atoms with E-state index < -0.39 is 0 Å². The van der Waals surface area contributed by atoms with Gasteiger partial charge in [0.05, 0.1) is 30.3 Å². The number of amides is 1. The topological polar surface area (TPSA) is 55.3 Å². The second-order valence-electron chi connectivity index (χ2n) is 6.33. The summed E-state index contributed by atoms with van der Waals surface area (Å²) in [5, 5.41) is 0.681. The molecule has 0 saturated carbocycles. The number of rotatable bonds is 6. The summed E-state index contributed by atoms with van der Waals surface area (Å²) in [6, 6.07) is 19.3. The number of benzene rings is 2. The SMILES string of the molecule is COc1ccc2nc(N(Cc3ccncc3)C(=O)Cc3ccccc3)sc2c1. The van der Waals surface area contributed by atoms with Crippen molar-refractivity contribution in [2.75, 3.05) is 12.0 Å². The second-order valence-corrected chi connectivity index (χ2v) is 7.34. The second kappa shape index (κ2) is 8.19. The van der Waals surface area contributed by atoms with Crippen molar-refractivity contribution < 1.29 is 9.53 Å². The van der Waals surface area contributed by atoms with Crippen LogP contribution in [0, 0.1) is 0 Å². The third kappa shape index (κ3) is 4.02. The zero-order valence-electron chi connectivity index (χ0n) is 15.4. The molecule has 0 fully saturated rings. The van der Waals surface area contributed by atoms with Crippen molar-refractivity contribution in [3.05, 3.63) is 84.2 Å². The molecule has 5 nitrogen and oxygen atoms in total. The van der Waals surface area contributed by atoms with Gasteiger partial charge < -0.3 is 4.74 Å². The number of pyridine rings is 1. The Hall–Kier alpha value is -3.25. The number of methoxy groups -OCH3 is 1. The van der Waals surface area contributed by atoms with E-state index in [1.165, 1.54) is 11.3 Å². The lowest BCUT2D eigenvalue weighted by Gasteiger charge is -2.20. The van der Waals surface area contributed by atoms with Crippen molar-refractivity contribution in [1.82, 2.24) is 9.97 Å². The predicted octanol–water partition coefficient (Wildman–Crippen LogP) is 4.48. The van der Waals surface area contributed by atoms with E-state index in [9.17, 15) is 4.79 Å². The van der Waals surface area contributed by atoms with Gasteiger partial charge in [-0.3, -0.25) is 14.7 Å². The highest BCUT2D eigenvalue weighted by Gasteiger charge is 2.20. The van der Waals surface area contributed by atoms with Crippen molar-refractivity contribution in [1.29, 1.82) is 0 Å². The van der Waals surface area contributed by atoms with Crippen LogP contribution in [0.15, 0.2) is 73.1 Å². The molecule has 28 heavy (non-hydrogen) atoms. The van der Waals surface area contributed by atoms with Crippen LogP contribution >= 0.6 is 11.3 Å². The molecule has 0 spiro atoms. The van der Waals surface area contributed by atoms with E-state index in [4.69, 9.17) is 9.72 Å². The molecule has 0 radical (unpaired) electrons. The molecule has 0 atom stereocenters. The van der Waals surface area contributed by atoms with E-state index in [1.54, 1.807) is 24.4 Å². The van der Waals surface area contributed by atoms with Crippen molar-refractivity contribution in [3.8, 4) is 5.75 Å². The lowest BCUT2D eigenvalue weighted by molar-refractivity contribution is -0.118. The smallest absolute Gasteiger partial charge is 0.233 e. The Morgan fingerprint density at radius 2 is 1.82 bits per heavy atom. The maximum absolute atomic E-state index is 13.2. The van der Waals surface area contributed by atoms with Crippen LogP contribution in [-0.4, -0.2) is 23.0 Å². The van der Waals surface area contributed by atoms with Crippen LogP contribution in [0.1, 0.15) is 11.1 Å². The van der Waals surface area contributed by atoms with Crippen molar-refractivity contribution in [3.63, 3.8) is 0 Å². The van der Waals surface area contributed by atoms with Gasteiger partial charge in [0.15, 0.2) is 5.13 Å². The molecular formula is C22H19N3O2S. The van der Waals surface area contributed by atoms with E-state index in [-0.39, 0.29) is 5.91 Å². The molecule has 0 saturated heterocycles. The minimum atomic E-state index is 0.00836. The van der Waals surface area contributed by atoms with Gasteiger partial charge in [-0.15, -0.1) is 0 Å². The van der Waals surface area contributed by atoms with Gasteiger partial charge in [-0.2, -0.15) is 0 Å². The van der Waals surface area contributed by atoms with Crippen LogP contribution in [0.25, 0.3) is 10.2 Å². The summed E-state index contributed by atoms with van der Waals surface area (Å²) in [5.74, 6) is 0.785. The molecule has 0 bridgehead atoms. The van der Waals surface area contributed by atoms with Crippen molar-refractivity contribution in [2.24, 2.45) is 0 Å². The largest absolute Gasteiger partial charge is 0.497 e. The number of fused-ring (bicyclic) bond motifs is 1. The molecule has 4 rings (SSSR count). The normalized spacial score (nSPS) is 10.8. The minimum Gasteiger partial charge on any atom is -0.497 e. The van der Waals surface area contributed by atoms with Crippen molar-refractivity contribution >= 4 is 32.6 Å². The zero-order valence-corrected chi connectivity index (χ0v) is 16.2. The fourth-order valence-electron chi connectivity index (χ4n) is 2.93. The quantitative estimate of drug-likeness (QED) is 0.488. The molecule has 0 unspecified atom stereocenters. The highest BCUT2D eigenvalue weighted by Crippen LogP contribution is 2.32. The Bertz CT molecular complexity index is 1080. The average molecular weight is 389 g/mol. The summed E-state index contributed by atoms with van der Waals surface area (Å²) < 4.78 is 6.29. The van der Waals surface area contributed by atoms with Gasteiger partial charge in [-0.25, -0.2) is 4.98 Å². The van der Waals surface area contributed by atoms with Gasteiger partial charge in [0, 0.05) is 12.4 Å². The van der Waals surface area contributed by atoms with E-state index >= 15 is 0 Å². The summed E-state index contributed by atoms with van der Waals surface area (Å²) in [5.41, 5.74) is 2.84. The summed E-state index contributed by atoms with van der Waals surface area (Å²) in [4.78, 5) is 23.7. The molecule has 2 aromatic heterocycles. The molecular weight excluding hydrogens is 370 g/mol. The molecule has 0 N–H and O–H groups in total. The molecule has 2 heterocycles. The molecule has 0 aliphatic heterocycles. The number of carbonyl (C=O) groups excluding carboxylic acids is 1. The highest BCUT2D eigenvalue weighted by molar-refractivity contribution is 7.22. The highest BCUT2D eigenvalue weighted by atomic mass is 32.1. The Kier molecular flexibility index (Phi) is 5.30. The monoisotopic (exact) mass is 389 g/mol. The first-order valence-corrected chi connectivity index (χ1v) is 9.72. The molecule has 4 aromatic rings. The van der Waals surface area contributed by atoms with Crippen LogP contribution in [0.3, 0.4) is 0 Å². The Morgan fingerprint density at radius 1 is 1.04 bits per heavy atom. The Morgan fingerprint density at radius 3 is 2.57 bits per heavy atom. The minimum absolute atomic E-state index is 0.00836. The van der Waals surface area contributed by atoms with Gasteiger partial charge >= 0.3 is 0 Å². The first-order valence-electron chi connectivity index (χ1n) is 8.91. The number of nitrogens with zero attached hydrogens (tertiary/aromatic N) is 3. The van der Waals surface area contributed by atoms with Gasteiger partial charge in [0.1, 0.15) is 5.75 Å². The maximum atomic E-state index is 13.2. The Labute approximate surface area is 167 Å². The summed E-state index contributed by atoms with van der Waals surface area (Å²) in [7, 11) is 1.64. The molecule has 6 heteroatoms. The fraction of sp³-hybridized carbons (Fsp3) is 0.136. The lowest BCUT2D eigenvalue weighted by atomic mass is 10.1. The van der Waals surface area contributed by atoms with E-state index in [1.807, 2.05) is 60.7 Å². The average Bonchev–Trinajstić information content (AvgIpc) is 3.16. The standard InChI is InChI=1S/C22H19N3O2S/c1-27-18-7-8-19-20(14-18)28-22(24-19)25(15-17-9-11-23-12-10-17)21(26)13-16-5-3-2-4-6-16/h2-12,14H,13,15H2,1H3. The molecule has 140 valence electrons. The molecule has 2 aromatic carbocycles. The number of carbonyl (C=O) groups is 1. The van der Waals surface area contributed by atoms with Crippen molar-refractivity contribution in [2.45, 2.75) is 13.0 Å². The number of anilines is 1. The third-order valence-corrected chi connectivity index (χ3v) is 5.45. The first-order chi connectivity index (χ1) is 13.7. The zero-order chi connectivity index (χ0) is 19.3. The lowest BCUT2D eigenvalue weighted by Crippen LogP contribution is -2.31. The van der Waals surface area contributed by atoms with E-state index in [2.05, 4.69) is 4.98 Å². The summed E-state index contributed by atoms with van der Waals surface area (Å²) >= 11 is 1.49. The van der Waals surface area contributed by atoms with Crippen LogP contribution in [0.5, 0.6) is 5.75 Å². The number of ether oxygens (including phenoxy) is 1. The summed E-state index contributed by atoms with van der Waals surface area (Å²) in [6.45, 7) is 0.450.